The highest BCUT2D eigenvalue weighted by molar-refractivity contribution is 7.89. The number of rotatable bonds is 5. The van der Waals surface area contributed by atoms with E-state index in [1.165, 1.54) is 39.3 Å². The standard InChI is InChI=1S/C18H23N5O5S2/c24-18(21-6-1-2-7-21)17-12-16(14-20-17)30(27,28)23-10-8-22(9-11-23)29(25,26)15-4-3-5-19-13-15/h3-5,12-14,20H,1-2,6-11H2. The number of piperazine rings is 1. The number of nitrogens with one attached hydrogen (secondary N) is 1. The van der Waals surface area contributed by atoms with Crippen molar-refractivity contribution in [3.8, 4) is 0 Å². The van der Waals surface area contributed by atoms with E-state index >= 15 is 0 Å². The molecule has 0 aromatic carbocycles. The van der Waals surface area contributed by atoms with Gasteiger partial charge in [0.15, 0.2) is 0 Å². The number of hydrogen-bond donors (Lipinski definition) is 1. The van der Waals surface area contributed by atoms with Crippen LogP contribution in [0, 0.1) is 0 Å². The number of pyridine rings is 1. The van der Waals surface area contributed by atoms with Crippen LogP contribution >= 0.6 is 0 Å². The highest BCUT2D eigenvalue weighted by atomic mass is 32.2. The molecule has 2 aromatic rings. The summed E-state index contributed by atoms with van der Waals surface area (Å²) < 4.78 is 53.8. The molecule has 2 aliphatic rings. The Hall–Kier alpha value is -2.28. The lowest BCUT2D eigenvalue weighted by atomic mass is 10.4. The second-order valence-electron chi connectivity index (χ2n) is 7.25. The van der Waals surface area contributed by atoms with Crippen LogP contribution in [0.2, 0.25) is 0 Å². The summed E-state index contributed by atoms with van der Waals surface area (Å²) in [5.74, 6) is -0.207. The summed E-state index contributed by atoms with van der Waals surface area (Å²) in [5.41, 5.74) is 0.244. The van der Waals surface area contributed by atoms with E-state index in [9.17, 15) is 21.6 Å². The maximum absolute atomic E-state index is 13.0. The lowest BCUT2D eigenvalue weighted by molar-refractivity contribution is 0.0787. The van der Waals surface area contributed by atoms with E-state index in [2.05, 4.69) is 9.97 Å². The zero-order valence-corrected chi connectivity index (χ0v) is 17.9. The Bertz CT molecular complexity index is 1120. The highest BCUT2D eigenvalue weighted by Crippen LogP contribution is 2.23. The lowest BCUT2D eigenvalue weighted by Crippen LogP contribution is -2.50. The van der Waals surface area contributed by atoms with Gasteiger partial charge in [0.05, 0.1) is 0 Å². The molecule has 0 bridgehead atoms. The molecule has 2 saturated heterocycles. The van der Waals surface area contributed by atoms with Crippen LogP contribution in [0.4, 0.5) is 0 Å². The summed E-state index contributed by atoms with van der Waals surface area (Å²) in [6, 6.07) is 4.36. The molecule has 162 valence electrons. The molecule has 2 aromatic heterocycles. The quantitative estimate of drug-likeness (QED) is 0.696. The molecule has 30 heavy (non-hydrogen) atoms. The highest BCUT2D eigenvalue weighted by Gasteiger charge is 2.34. The van der Waals surface area contributed by atoms with Gasteiger partial charge < -0.3 is 9.88 Å². The minimum atomic E-state index is -3.83. The number of hydrogen-bond acceptors (Lipinski definition) is 6. The summed E-state index contributed by atoms with van der Waals surface area (Å²) in [4.78, 5) is 20.9. The minimum absolute atomic E-state index is 0.00798. The number of sulfonamides is 2. The van der Waals surface area contributed by atoms with Crippen molar-refractivity contribution in [1.82, 2.24) is 23.5 Å². The first-order valence-electron chi connectivity index (χ1n) is 9.68. The second kappa shape index (κ2) is 8.10. The van der Waals surface area contributed by atoms with E-state index < -0.39 is 20.0 Å². The molecule has 1 amide bonds. The van der Waals surface area contributed by atoms with Gasteiger partial charge in [0.25, 0.3) is 5.91 Å². The number of aromatic amines is 1. The minimum Gasteiger partial charge on any atom is -0.356 e. The molecule has 0 radical (unpaired) electrons. The van der Waals surface area contributed by atoms with E-state index in [0.29, 0.717) is 13.1 Å². The van der Waals surface area contributed by atoms with Gasteiger partial charge in [-0.25, -0.2) is 16.8 Å². The van der Waals surface area contributed by atoms with E-state index in [1.54, 1.807) is 11.0 Å². The summed E-state index contributed by atoms with van der Waals surface area (Å²) in [5, 5.41) is 0. The molecule has 12 heteroatoms. The number of nitrogens with zero attached hydrogens (tertiary/aromatic N) is 4. The molecule has 0 saturated carbocycles. The first-order valence-corrected chi connectivity index (χ1v) is 12.6. The Labute approximate surface area is 175 Å². The van der Waals surface area contributed by atoms with Crippen LogP contribution in [0.3, 0.4) is 0 Å². The zero-order valence-electron chi connectivity index (χ0n) is 16.3. The predicted octanol–water partition coefficient (Wildman–Crippen LogP) is 0.341. The Balaban J connectivity index is 1.45. The van der Waals surface area contributed by atoms with Gasteiger partial charge in [0.2, 0.25) is 20.0 Å². The van der Waals surface area contributed by atoms with Crippen LogP contribution in [-0.2, 0) is 20.0 Å². The van der Waals surface area contributed by atoms with Crippen molar-refractivity contribution < 1.29 is 21.6 Å². The first-order chi connectivity index (χ1) is 14.3. The first kappa shape index (κ1) is 21.0. The fraction of sp³-hybridized carbons (Fsp3) is 0.444. The third-order valence-corrected chi connectivity index (χ3v) is 9.15. The molecule has 4 rings (SSSR count). The van der Waals surface area contributed by atoms with Gasteiger partial charge in [0.1, 0.15) is 15.5 Å². The van der Waals surface area contributed by atoms with Gasteiger partial charge in [-0.05, 0) is 31.0 Å². The Kier molecular flexibility index (Phi) is 5.66. The van der Waals surface area contributed by atoms with E-state index in [4.69, 9.17) is 0 Å². The fourth-order valence-corrected chi connectivity index (χ4v) is 6.49. The molecule has 2 aliphatic heterocycles. The van der Waals surface area contributed by atoms with Crippen LogP contribution < -0.4 is 0 Å². The summed E-state index contributed by atoms with van der Waals surface area (Å²) in [7, 11) is -7.55. The number of H-pyrrole nitrogens is 1. The van der Waals surface area contributed by atoms with Crippen molar-refractivity contribution in [2.45, 2.75) is 22.6 Å². The van der Waals surface area contributed by atoms with Crippen LogP contribution in [0.1, 0.15) is 23.3 Å². The number of likely N-dealkylation sites (tertiary alicyclic amines) is 1. The molecule has 0 unspecified atom stereocenters. The molecule has 2 fully saturated rings. The topological polar surface area (TPSA) is 124 Å². The largest absolute Gasteiger partial charge is 0.356 e. The van der Waals surface area contributed by atoms with Gasteiger partial charge in [-0.2, -0.15) is 8.61 Å². The summed E-state index contributed by atoms with van der Waals surface area (Å²) in [6.45, 7) is 1.49. The third-order valence-electron chi connectivity index (χ3n) is 5.39. The van der Waals surface area contributed by atoms with Crippen LogP contribution in [-0.4, -0.2) is 85.5 Å². The van der Waals surface area contributed by atoms with Crippen LogP contribution in [0.25, 0.3) is 0 Å². The molecule has 0 spiro atoms. The van der Waals surface area contributed by atoms with E-state index in [0.717, 1.165) is 12.8 Å². The summed E-state index contributed by atoms with van der Waals surface area (Å²) in [6.07, 6.45) is 5.98. The monoisotopic (exact) mass is 453 g/mol. The van der Waals surface area contributed by atoms with Crippen molar-refractivity contribution in [3.05, 3.63) is 42.5 Å². The Morgan fingerprint density at radius 2 is 1.50 bits per heavy atom. The van der Waals surface area contributed by atoms with Crippen molar-refractivity contribution in [1.29, 1.82) is 0 Å². The maximum Gasteiger partial charge on any atom is 0.270 e. The average molecular weight is 454 g/mol. The van der Waals surface area contributed by atoms with Crippen LogP contribution in [0.15, 0.2) is 46.6 Å². The van der Waals surface area contributed by atoms with Gasteiger partial charge >= 0.3 is 0 Å². The lowest BCUT2D eigenvalue weighted by Gasteiger charge is -2.32. The molecular weight excluding hydrogens is 430 g/mol. The van der Waals surface area contributed by atoms with Crippen LogP contribution in [0.5, 0.6) is 0 Å². The fourth-order valence-electron chi connectivity index (χ4n) is 3.69. The van der Waals surface area contributed by atoms with Gasteiger partial charge in [-0.1, -0.05) is 0 Å². The van der Waals surface area contributed by atoms with E-state index in [1.807, 2.05) is 0 Å². The van der Waals surface area contributed by atoms with Crippen molar-refractivity contribution in [2.24, 2.45) is 0 Å². The number of carbonyl (C=O) groups excluding carboxylic acids is 1. The molecule has 0 aliphatic carbocycles. The van der Waals surface area contributed by atoms with Gasteiger partial charge in [-0.3, -0.25) is 9.78 Å². The molecule has 1 N–H and O–H groups in total. The smallest absolute Gasteiger partial charge is 0.270 e. The van der Waals surface area contributed by atoms with E-state index in [-0.39, 0.29) is 47.6 Å². The number of amides is 1. The van der Waals surface area contributed by atoms with Crippen molar-refractivity contribution in [2.75, 3.05) is 39.3 Å². The molecule has 0 atom stereocenters. The maximum atomic E-state index is 13.0. The SMILES string of the molecule is O=C(c1cc(S(=O)(=O)N2CCN(S(=O)(=O)c3cccnc3)CC2)c[nH]1)N1CCCC1. The Morgan fingerprint density at radius 3 is 2.07 bits per heavy atom. The van der Waals surface area contributed by atoms with Crippen molar-refractivity contribution in [3.63, 3.8) is 0 Å². The Morgan fingerprint density at radius 1 is 0.900 bits per heavy atom. The van der Waals surface area contributed by atoms with Gasteiger partial charge in [-0.15, -0.1) is 0 Å². The van der Waals surface area contributed by atoms with Gasteiger partial charge in [0, 0.05) is 57.9 Å². The number of aromatic nitrogens is 2. The van der Waals surface area contributed by atoms with Crippen molar-refractivity contribution >= 4 is 26.0 Å². The predicted molar refractivity (Wildman–Crippen MR) is 108 cm³/mol. The molecule has 4 heterocycles. The normalized spacial score (nSPS) is 19.3. The number of carbonyl (C=O) groups is 1. The summed E-state index contributed by atoms with van der Waals surface area (Å²) >= 11 is 0. The second-order valence-corrected chi connectivity index (χ2v) is 11.1. The molecular formula is C18H23N5O5S2. The average Bonchev–Trinajstić information content (AvgIpc) is 3.47. The molecule has 10 nitrogen and oxygen atoms in total. The third kappa shape index (κ3) is 3.87. The zero-order chi connectivity index (χ0) is 21.4.